The van der Waals surface area contributed by atoms with Gasteiger partial charge >= 0.3 is 59.6 Å². The number of carbonyl (C=O) groups is 13. The van der Waals surface area contributed by atoms with Crippen LogP contribution in [0.5, 0.6) is 0 Å². The van der Waals surface area contributed by atoms with Crippen LogP contribution in [-0.2, 0) is 81.3 Å². The smallest absolute Gasteiger partial charge is 0.351 e. The van der Waals surface area contributed by atoms with E-state index in [0.717, 1.165) is 11.4 Å². The monoisotopic (exact) mass is 993 g/mol. The highest BCUT2D eigenvalue weighted by Crippen LogP contribution is 2.13. The highest BCUT2D eigenvalue weighted by atomic mass is 16.6. The number of carbonyl (C=O) groups excluding carboxylic acids is 8. The van der Waals surface area contributed by atoms with E-state index in [1.165, 1.54) is 0 Å². The number of aliphatic carboxylic acids is 5. The van der Waals surface area contributed by atoms with Gasteiger partial charge in [0, 0.05) is 83.8 Å². The van der Waals surface area contributed by atoms with Gasteiger partial charge in [0.05, 0.1) is 25.8 Å². The van der Waals surface area contributed by atoms with E-state index in [2.05, 4.69) is 16.0 Å². The number of nitrogens with one attached hydrogen (secondary N) is 3. The fourth-order valence-electron chi connectivity index (χ4n) is 5.40. The normalized spacial score (nSPS) is 12.3. The number of nitrogens with two attached hydrogens (primary N) is 1. The number of ether oxygens (including phenoxy) is 4. The van der Waals surface area contributed by atoms with Crippen molar-refractivity contribution in [2.75, 3.05) is 26.2 Å². The second-order valence-corrected chi connectivity index (χ2v) is 14.8. The number of aliphatic hydroxyl groups is 2. The highest BCUT2D eigenvalue weighted by molar-refractivity contribution is 5.94. The molecule has 0 aliphatic rings. The van der Waals surface area contributed by atoms with E-state index >= 15 is 0 Å². The molecule has 0 aromatic carbocycles. The van der Waals surface area contributed by atoms with Crippen molar-refractivity contribution in [2.24, 2.45) is 0 Å². The third kappa shape index (κ3) is 34.0. The van der Waals surface area contributed by atoms with Gasteiger partial charge in [-0.3, -0.25) is 62.9 Å². The molecule has 0 aromatic rings. The molecule has 0 radical (unpaired) electrons. The summed E-state index contributed by atoms with van der Waals surface area (Å²) in [5.74, 6) is -14.8. The molecule has 0 aromatic heterocycles. The predicted octanol–water partition coefficient (Wildman–Crippen LogP) is -2.66. The molecule has 28 heteroatoms. The lowest BCUT2D eigenvalue weighted by molar-refractivity contribution is -0.572. The van der Waals surface area contributed by atoms with Crippen LogP contribution >= 0.6 is 0 Å². The Bertz CT molecular complexity index is 1820. The molecule has 0 aliphatic heterocycles. The van der Waals surface area contributed by atoms with Gasteiger partial charge in [0.25, 0.3) is 17.7 Å². The maximum Gasteiger partial charge on any atom is 0.351 e. The first-order chi connectivity index (χ1) is 32.5. The van der Waals surface area contributed by atoms with Gasteiger partial charge in [0.15, 0.2) is 24.3 Å². The van der Waals surface area contributed by atoms with Gasteiger partial charge in [-0.15, -0.1) is 0 Å². The van der Waals surface area contributed by atoms with Crippen molar-refractivity contribution >= 4 is 77.4 Å². The van der Waals surface area contributed by atoms with Crippen molar-refractivity contribution in [1.29, 1.82) is 0 Å². The minimum Gasteiger partial charge on any atom is -0.481 e. The molecule has 0 bridgehead atoms. The van der Waals surface area contributed by atoms with Crippen LogP contribution in [0, 0.1) is 0 Å². The van der Waals surface area contributed by atoms with Gasteiger partial charge in [-0.2, -0.15) is 0 Å². The summed E-state index contributed by atoms with van der Waals surface area (Å²) in [6.45, 7) is -0.585. The van der Waals surface area contributed by atoms with Gasteiger partial charge < -0.3 is 70.6 Å². The summed E-state index contributed by atoms with van der Waals surface area (Å²) in [6.07, 6.45) is -12.3. The summed E-state index contributed by atoms with van der Waals surface area (Å²) in [5.41, 5.74) is 0. The molecule has 0 rings (SSSR count). The van der Waals surface area contributed by atoms with Crippen molar-refractivity contribution in [2.45, 2.75) is 140 Å². The molecule has 3 atom stereocenters. The Morgan fingerprint density at radius 1 is 0.449 bits per heavy atom. The van der Waals surface area contributed by atoms with Gasteiger partial charge in [0.2, 0.25) is 6.10 Å². The lowest BCUT2D eigenvalue weighted by Crippen LogP contribution is -2.90. The third-order valence-electron chi connectivity index (χ3n) is 8.83. The molecule has 28 nitrogen and oxygen atoms in total. The van der Waals surface area contributed by atoms with Crippen LogP contribution in [0.3, 0.4) is 0 Å². The lowest BCUT2D eigenvalue weighted by Gasteiger charge is -2.18. The Kier molecular flexibility index (Phi) is 32.3. The van der Waals surface area contributed by atoms with Crippen LogP contribution in [0.1, 0.15) is 116 Å². The van der Waals surface area contributed by atoms with Crippen molar-refractivity contribution in [3.05, 3.63) is 11.8 Å². The molecule has 0 aliphatic carbocycles. The zero-order valence-electron chi connectivity index (χ0n) is 37.6. The van der Waals surface area contributed by atoms with Crippen LogP contribution in [0.15, 0.2) is 11.8 Å². The summed E-state index contributed by atoms with van der Waals surface area (Å²) in [5, 5.41) is 70.9. The largest absolute Gasteiger partial charge is 0.481 e. The number of primary amides is 1. The first-order valence-corrected chi connectivity index (χ1v) is 21.7. The first-order valence-electron chi connectivity index (χ1n) is 21.7. The second kappa shape index (κ2) is 36.0. The number of esters is 4. The van der Waals surface area contributed by atoms with E-state index in [0.29, 0.717) is 0 Å². The Morgan fingerprint density at radius 2 is 0.884 bits per heavy atom. The Morgan fingerprint density at radius 3 is 1.35 bits per heavy atom. The molecular formula is C41H61N4O24+. The maximum atomic E-state index is 13.3. The predicted molar refractivity (Wildman–Crippen MR) is 224 cm³/mol. The summed E-state index contributed by atoms with van der Waals surface area (Å²) in [6, 6.07) is 0. The summed E-state index contributed by atoms with van der Waals surface area (Å²) in [4.78, 5) is 156. The summed E-state index contributed by atoms with van der Waals surface area (Å²) >= 11 is 0. The fraction of sp³-hybridized carbons (Fsp3) is 0.634. The molecule has 0 saturated carbocycles. The molecule has 12 N–H and O–H groups in total. The van der Waals surface area contributed by atoms with Crippen LogP contribution in [0.2, 0.25) is 0 Å². The molecule has 0 fully saturated rings. The first kappa shape index (κ1) is 61.9. The number of amides is 4. The Labute approximate surface area is 393 Å². The molecular weight excluding hydrogens is 932 g/mol. The summed E-state index contributed by atoms with van der Waals surface area (Å²) < 4.78 is 20.6. The van der Waals surface area contributed by atoms with Crippen molar-refractivity contribution in [3.63, 3.8) is 0 Å². The van der Waals surface area contributed by atoms with Crippen molar-refractivity contribution in [1.82, 2.24) is 16.0 Å². The third-order valence-corrected chi connectivity index (χ3v) is 8.83. The van der Waals surface area contributed by atoms with Gasteiger partial charge in [0.1, 0.15) is 0 Å². The zero-order valence-corrected chi connectivity index (χ0v) is 37.6. The highest BCUT2D eigenvalue weighted by Gasteiger charge is 2.30. The number of rotatable bonds is 39. The number of carboxylic acids is 5. The van der Waals surface area contributed by atoms with Crippen LogP contribution < -0.4 is 21.3 Å². The molecule has 69 heavy (non-hydrogen) atoms. The maximum absolute atomic E-state index is 13.3. The number of hydrogen-bond donors (Lipinski definition) is 11. The van der Waals surface area contributed by atoms with E-state index in [4.69, 9.17) is 44.5 Å². The van der Waals surface area contributed by atoms with Crippen LogP contribution in [0.4, 0.5) is 0 Å². The standard InChI is InChI=1S/C41H60N4O24/c46-28(47)6-2-20-42-38(62)24(12-16-31(52)53)66-34(58)9-1-10-35(59)68-27(15-19-37(61)69-26(14-18-33(56)57)40(64)44-22-4-8-30(50)51)41(65)45-23-5-11-36(60)67-25(13-17-32(54)55)39(63)43-21-3-7-29(48)49/h14,24-25,27,31,52-53H,1-13,15-23H2,(H,42,62)(H,43,63)(H,44,64)(H,45,65)(H,46,47)(H,48,49)(H,50,51)(H,54,55)(H,56,57)/p+1/b26-14+. The molecule has 4 amide bonds. The molecule has 0 heterocycles. The topological polar surface area (TPSA) is 453 Å². The van der Waals surface area contributed by atoms with Crippen LogP contribution in [-0.4, -0.2) is 164 Å². The Hall–Kier alpha value is -7.07. The van der Waals surface area contributed by atoms with E-state index in [-0.39, 0.29) is 90.4 Å². The SMILES string of the molecule is O=C(O)C/C=C(/OC(=O)CCC(OC(=O)CCCC(=O)OC(CCC(O)O)C(=O)NCCCC(=O)O)C(=O)[NH2+]CCCC(=O)OC(CCC(=O)O)C(=O)NCCCC(=O)O)C(=O)NCCCC(=O)O. The quantitative estimate of drug-likeness (QED) is 0.00748. The minimum atomic E-state index is -1.86. The molecule has 0 spiro atoms. The molecule has 388 valence electrons. The van der Waals surface area contributed by atoms with E-state index in [9.17, 15) is 72.5 Å². The second-order valence-electron chi connectivity index (χ2n) is 14.8. The summed E-state index contributed by atoms with van der Waals surface area (Å²) in [7, 11) is 0. The number of carboxylic acid groups (broad SMARTS) is 5. The van der Waals surface area contributed by atoms with Crippen LogP contribution in [0.25, 0.3) is 0 Å². The fourth-order valence-corrected chi connectivity index (χ4v) is 5.40. The Balaban J connectivity index is 5.83. The molecule has 0 saturated heterocycles. The average molecular weight is 994 g/mol. The van der Waals surface area contributed by atoms with Gasteiger partial charge in [-0.25, -0.2) is 4.79 Å². The van der Waals surface area contributed by atoms with Gasteiger partial charge in [-0.05, 0) is 38.2 Å². The lowest BCUT2D eigenvalue weighted by atomic mass is 10.1. The minimum absolute atomic E-state index is 0.0256. The number of aliphatic hydroxyl groups excluding tert-OH is 1. The van der Waals surface area contributed by atoms with Gasteiger partial charge in [-0.1, -0.05) is 0 Å². The average Bonchev–Trinajstić information content (AvgIpc) is 3.26. The van der Waals surface area contributed by atoms with E-state index in [1.54, 1.807) is 0 Å². The number of hydrogen-bond acceptors (Lipinski definition) is 19. The van der Waals surface area contributed by atoms with Crippen molar-refractivity contribution in [3.8, 4) is 0 Å². The van der Waals surface area contributed by atoms with E-state index in [1.807, 2.05) is 0 Å². The number of quaternary nitrogens is 1. The zero-order chi connectivity index (χ0) is 52.3. The molecule has 3 unspecified atom stereocenters. The van der Waals surface area contributed by atoms with Crippen molar-refractivity contribution < 1.29 is 122 Å². The van der Waals surface area contributed by atoms with E-state index < -0.39 is 159 Å².